The highest BCUT2D eigenvalue weighted by molar-refractivity contribution is 5.94. The van der Waals surface area contributed by atoms with Gasteiger partial charge in [0.2, 0.25) is 0 Å². The number of nitro benzene ring substituents is 1. The molecule has 9 heteroatoms. The number of nitrogens with zero attached hydrogens (tertiary/aromatic N) is 1. The zero-order valence-electron chi connectivity index (χ0n) is 15.4. The van der Waals surface area contributed by atoms with Gasteiger partial charge >= 0.3 is 5.97 Å². The van der Waals surface area contributed by atoms with E-state index >= 15 is 0 Å². The molecule has 0 amide bonds. The van der Waals surface area contributed by atoms with E-state index in [0.717, 1.165) is 0 Å². The van der Waals surface area contributed by atoms with Gasteiger partial charge < -0.3 is 14.6 Å². The number of fused-ring (bicyclic) bond motifs is 1. The smallest absolute Gasteiger partial charge is 0.339 e. The fourth-order valence-corrected chi connectivity index (χ4v) is 3.41. The average Bonchev–Trinajstić information content (AvgIpc) is 2.70. The Bertz CT molecular complexity index is 998. The second-order valence-electron chi connectivity index (χ2n) is 6.67. The minimum Gasteiger partial charge on any atom is -0.508 e. The predicted molar refractivity (Wildman–Crippen MR) is 98.7 cm³/mol. The third-order valence-electron chi connectivity index (χ3n) is 5.02. The average molecular weight is 399 g/mol. The second-order valence-corrected chi connectivity index (χ2v) is 6.67. The topological polar surface area (TPSA) is 133 Å². The molecule has 0 saturated heterocycles. The molecule has 2 aromatic rings. The molecule has 0 fully saturated rings. The SMILES string of the molecule is CC(=O)[C@@]1(OC(=O)c2ccc([N+](=O)[O-])cc2)CCc2c(OC=O)ccc(O)c2C1. The lowest BCUT2D eigenvalue weighted by atomic mass is 9.77. The zero-order chi connectivity index (χ0) is 21.2. The number of non-ortho nitro benzene ring substituents is 1. The van der Waals surface area contributed by atoms with Crippen molar-refractivity contribution in [3.8, 4) is 11.5 Å². The number of phenolic OH excluding ortho intramolecular Hbond substituents is 1. The Kier molecular flexibility index (Phi) is 5.31. The Labute approximate surface area is 165 Å². The van der Waals surface area contributed by atoms with Crippen LogP contribution in [0.4, 0.5) is 5.69 Å². The zero-order valence-corrected chi connectivity index (χ0v) is 15.4. The summed E-state index contributed by atoms with van der Waals surface area (Å²) < 4.78 is 10.5. The number of phenols is 1. The van der Waals surface area contributed by atoms with E-state index in [9.17, 15) is 29.6 Å². The summed E-state index contributed by atoms with van der Waals surface area (Å²) in [7, 11) is 0. The molecule has 1 atom stereocenters. The first-order chi connectivity index (χ1) is 13.8. The molecule has 0 bridgehead atoms. The maximum atomic E-state index is 12.6. The maximum Gasteiger partial charge on any atom is 0.339 e. The van der Waals surface area contributed by atoms with Crippen molar-refractivity contribution in [2.45, 2.75) is 31.8 Å². The van der Waals surface area contributed by atoms with Crippen LogP contribution >= 0.6 is 0 Å². The Morgan fingerprint density at radius 3 is 2.45 bits per heavy atom. The largest absolute Gasteiger partial charge is 0.508 e. The van der Waals surface area contributed by atoms with Crippen LogP contribution in [-0.4, -0.2) is 33.9 Å². The number of rotatable bonds is 6. The second kappa shape index (κ2) is 7.70. The lowest BCUT2D eigenvalue weighted by Gasteiger charge is -2.36. The standard InChI is InChI=1S/C20H17NO8/c1-12(23)20(29-19(25)13-2-4-14(5-3-13)21(26)27)9-8-15-16(10-20)17(24)6-7-18(15)28-11-22/h2-7,11,24H,8-10H2,1H3/t20-/m1/s1. The minimum atomic E-state index is -1.51. The van der Waals surface area contributed by atoms with Gasteiger partial charge in [-0.1, -0.05) is 0 Å². The summed E-state index contributed by atoms with van der Waals surface area (Å²) in [4.78, 5) is 45.9. The van der Waals surface area contributed by atoms with Crippen molar-refractivity contribution in [3.63, 3.8) is 0 Å². The summed E-state index contributed by atoms with van der Waals surface area (Å²) in [6.07, 6.45) is 0.283. The number of benzene rings is 2. The molecule has 1 aliphatic carbocycles. The van der Waals surface area contributed by atoms with Gasteiger partial charge in [0.25, 0.3) is 12.2 Å². The third-order valence-corrected chi connectivity index (χ3v) is 5.02. The lowest BCUT2D eigenvalue weighted by molar-refractivity contribution is -0.384. The molecule has 0 aliphatic heterocycles. The normalized spacial score (nSPS) is 17.7. The minimum absolute atomic E-state index is 0.0595. The van der Waals surface area contributed by atoms with E-state index in [1.54, 1.807) is 0 Å². The van der Waals surface area contributed by atoms with E-state index in [0.29, 0.717) is 11.1 Å². The van der Waals surface area contributed by atoms with E-state index in [2.05, 4.69) is 0 Å². The highest BCUT2D eigenvalue weighted by Gasteiger charge is 2.44. The number of ether oxygens (including phenoxy) is 2. The van der Waals surface area contributed by atoms with E-state index in [-0.39, 0.29) is 48.5 Å². The van der Waals surface area contributed by atoms with Crippen LogP contribution in [0.3, 0.4) is 0 Å². The number of aromatic hydroxyl groups is 1. The number of hydrogen-bond donors (Lipinski definition) is 1. The molecule has 0 unspecified atom stereocenters. The molecule has 3 rings (SSSR count). The van der Waals surface area contributed by atoms with Crippen LogP contribution in [0.25, 0.3) is 0 Å². The molecule has 0 heterocycles. The third kappa shape index (κ3) is 3.79. The van der Waals surface area contributed by atoms with E-state index in [1.165, 1.54) is 43.3 Å². The Hall–Kier alpha value is -3.75. The molecular weight excluding hydrogens is 382 g/mol. The number of nitro groups is 1. The summed E-state index contributed by atoms with van der Waals surface area (Å²) in [6, 6.07) is 7.62. The van der Waals surface area contributed by atoms with Gasteiger partial charge in [-0.15, -0.1) is 0 Å². The van der Waals surface area contributed by atoms with Crippen molar-refractivity contribution in [1.82, 2.24) is 0 Å². The van der Waals surface area contributed by atoms with Gasteiger partial charge in [-0.3, -0.25) is 19.7 Å². The van der Waals surface area contributed by atoms with Crippen LogP contribution in [0.2, 0.25) is 0 Å². The van der Waals surface area contributed by atoms with Crippen molar-refractivity contribution >= 4 is 23.9 Å². The quantitative estimate of drug-likeness (QED) is 0.339. The predicted octanol–water partition coefficient (Wildman–Crippen LogP) is 2.51. The van der Waals surface area contributed by atoms with Crippen LogP contribution in [0.1, 0.15) is 34.8 Å². The first-order valence-corrected chi connectivity index (χ1v) is 8.70. The number of hydrogen-bond acceptors (Lipinski definition) is 8. The van der Waals surface area contributed by atoms with Gasteiger partial charge in [-0.05, 0) is 44.0 Å². The lowest BCUT2D eigenvalue weighted by Crippen LogP contribution is -2.47. The first-order valence-electron chi connectivity index (χ1n) is 8.70. The van der Waals surface area contributed by atoms with E-state index in [4.69, 9.17) is 9.47 Å². The molecule has 0 spiro atoms. The van der Waals surface area contributed by atoms with Crippen LogP contribution in [0.15, 0.2) is 36.4 Å². The van der Waals surface area contributed by atoms with Crippen molar-refractivity contribution in [2.75, 3.05) is 0 Å². The molecular formula is C20H17NO8. The van der Waals surface area contributed by atoms with Gasteiger partial charge in [0.1, 0.15) is 11.5 Å². The molecule has 9 nitrogen and oxygen atoms in total. The fraction of sp³-hybridized carbons (Fsp3) is 0.250. The summed E-state index contributed by atoms with van der Waals surface area (Å²) >= 11 is 0. The Morgan fingerprint density at radius 2 is 1.86 bits per heavy atom. The summed E-state index contributed by atoms with van der Waals surface area (Å²) in [5.41, 5.74) is -0.697. The maximum absolute atomic E-state index is 12.6. The van der Waals surface area contributed by atoms with E-state index < -0.39 is 22.3 Å². The van der Waals surface area contributed by atoms with Gasteiger partial charge in [-0.25, -0.2) is 4.79 Å². The molecule has 0 radical (unpaired) electrons. The van der Waals surface area contributed by atoms with Crippen LogP contribution in [0.5, 0.6) is 11.5 Å². The number of Topliss-reactive ketones (excluding diaryl/α,β-unsaturated/α-hetero) is 1. The number of carbonyl (C=O) groups is 3. The first kappa shape index (κ1) is 20.0. The summed E-state index contributed by atoms with van der Waals surface area (Å²) in [6.45, 7) is 1.56. The monoisotopic (exact) mass is 399 g/mol. The van der Waals surface area contributed by atoms with Gasteiger partial charge in [-0.2, -0.15) is 0 Å². The van der Waals surface area contributed by atoms with E-state index in [1.807, 2.05) is 0 Å². The molecule has 1 aliphatic rings. The molecule has 150 valence electrons. The van der Waals surface area contributed by atoms with Crippen LogP contribution < -0.4 is 4.74 Å². The van der Waals surface area contributed by atoms with Crippen molar-refractivity contribution in [1.29, 1.82) is 0 Å². The van der Waals surface area contributed by atoms with Crippen molar-refractivity contribution in [3.05, 3.63) is 63.2 Å². The molecule has 0 saturated carbocycles. The van der Waals surface area contributed by atoms with Crippen LogP contribution in [0, 0.1) is 10.1 Å². The fourth-order valence-electron chi connectivity index (χ4n) is 3.41. The number of esters is 1. The molecule has 2 aromatic carbocycles. The summed E-state index contributed by atoms with van der Waals surface area (Å²) in [5, 5.41) is 21.0. The van der Waals surface area contributed by atoms with Gasteiger partial charge in [0.05, 0.1) is 10.5 Å². The van der Waals surface area contributed by atoms with Gasteiger partial charge in [0, 0.05) is 29.7 Å². The van der Waals surface area contributed by atoms with Crippen LogP contribution in [-0.2, 0) is 27.2 Å². The molecule has 0 aromatic heterocycles. The Balaban J connectivity index is 1.91. The number of carbonyl (C=O) groups excluding carboxylic acids is 3. The van der Waals surface area contributed by atoms with Gasteiger partial charge in [0.15, 0.2) is 11.4 Å². The molecule has 29 heavy (non-hydrogen) atoms. The highest BCUT2D eigenvalue weighted by Crippen LogP contribution is 2.41. The van der Waals surface area contributed by atoms with Crippen molar-refractivity contribution in [2.24, 2.45) is 0 Å². The molecule has 1 N–H and O–H groups in total. The Morgan fingerprint density at radius 1 is 1.17 bits per heavy atom. The summed E-state index contributed by atoms with van der Waals surface area (Å²) in [5.74, 6) is -1.04. The van der Waals surface area contributed by atoms with Crippen molar-refractivity contribution < 1.29 is 33.9 Å². The number of ketones is 1. The highest BCUT2D eigenvalue weighted by atomic mass is 16.6.